The zero-order valence-corrected chi connectivity index (χ0v) is 9.21. The Morgan fingerprint density at radius 3 is 2.43 bits per heavy atom. The second-order valence-corrected chi connectivity index (χ2v) is 5.49. The fourth-order valence-corrected chi connectivity index (χ4v) is 2.66. The second-order valence-electron chi connectivity index (χ2n) is 2.60. The minimum Gasteiger partial charge on any atom is -0.504 e. The van der Waals surface area contributed by atoms with Crippen molar-refractivity contribution in [3.63, 3.8) is 0 Å². The molecule has 0 aliphatic heterocycles. The highest BCUT2D eigenvalue weighted by atomic mass is 35.7. The van der Waals surface area contributed by atoms with Crippen molar-refractivity contribution in [1.29, 1.82) is 0 Å². The average Bonchev–Trinajstić information content (AvgIpc) is 1.98. The molecule has 0 amide bonds. The van der Waals surface area contributed by atoms with Crippen molar-refractivity contribution in [3.8, 4) is 5.75 Å². The Balaban J connectivity index is 3.74. The first-order chi connectivity index (χ1) is 6.25. The molecule has 0 atom stereocenters. The highest BCUT2D eigenvalue weighted by molar-refractivity contribution is 8.14. The summed E-state index contributed by atoms with van der Waals surface area (Å²) in [7, 11) is 0.715. The molecule has 1 aromatic carbocycles. The maximum Gasteiger partial charge on any atom is 0.266 e. The van der Waals surface area contributed by atoms with Gasteiger partial charge in [-0.15, -0.1) is 0 Å². The number of rotatable bonds is 1. The monoisotopic (exact) mass is 258 g/mol. The SMILES string of the molecule is Cc1cc(F)c(O)c(S(=O)(=O)Cl)c1Cl. The van der Waals surface area contributed by atoms with Crippen molar-refractivity contribution < 1.29 is 17.9 Å². The summed E-state index contributed by atoms with van der Waals surface area (Å²) in [6, 6.07) is 0.920. The summed E-state index contributed by atoms with van der Waals surface area (Å²) in [4.78, 5) is -0.793. The van der Waals surface area contributed by atoms with Gasteiger partial charge in [-0.1, -0.05) is 11.6 Å². The van der Waals surface area contributed by atoms with Gasteiger partial charge in [-0.2, -0.15) is 0 Å². The number of phenolic OH excluding ortho intramolecular Hbond substituents is 1. The molecule has 78 valence electrons. The van der Waals surface area contributed by atoms with Gasteiger partial charge in [0.2, 0.25) is 0 Å². The van der Waals surface area contributed by atoms with Crippen molar-refractivity contribution in [3.05, 3.63) is 22.5 Å². The highest BCUT2D eigenvalue weighted by Gasteiger charge is 2.24. The molecule has 3 nitrogen and oxygen atoms in total. The highest BCUT2D eigenvalue weighted by Crippen LogP contribution is 2.37. The summed E-state index contributed by atoms with van der Waals surface area (Å²) in [5, 5.41) is 8.84. The molecule has 1 aromatic rings. The summed E-state index contributed by atoms with van der Waals surface area (Å²) in [6.07, 6.45) is 0. The van der Waals surface area contributed by atoms with Crippen molar-refractivity contribution in [2.45, 2.75) is 11.8 Å². The van der Waals surface area contributed by atoms with Gasteiger partial charge < -0.3 is 5.11 Å². The van der Waals surface area contributed by atoms with Gasteiger partial charge in [-0.3, -0.25) is 0 Å². The summed E-state index contributed by atoms with van der Waals surface area (Å²) < 4.78 is 34.8. The third kappa shape index (κ3) is 1.94. The third-order valence-corrected chi connectivity index (χ3v) is 3.52. The second kappa shape index (κ2) is 3.56. The lowest BCUT2D eigenvalue weighted by Crippen LogP contribution is -1.97. The molecular weight excluding hydrogens is 254 g/mol. The first kappa shape index (κ1) is 11.6. The van der Waals surface area contributed by atoms with E-state index in [1.165, 1.54) is 6.92 Å². The standard InChI is InChI=1S/C7H5Cl2FO3S/c1-3-2-4(10)6(11)7(5(3)8)14(9,12)13/h2,11H,1H3. The van der Waals surface area contributed by atoms with Gasteiger partial charge in [0.05, 0.1) is 5.02 Å². The maximum atomic E-state index is 12.9. The molecule has 1 N–H and O–H groups in total. The lowest BCUT2D eigenvalue weighted by Gasteiger charge is -2.06. The molecule has 0 radical (unpaired) electrons. The molecule has 0 aromatic heterocycles. The van der Waals surface area contributed by atoms with Crippen LogP contribution in [0.25, 0.3) is 0 Å². The molecule has 0 spiro atoms. The van der Waals surface area contributed by atoms with Crippen LogP contribution in [0.3, 0.4) is 0 Å². The van der Waals surface area contributed by atoms with E-state index >= 15 is 0 Å². The van der Waals surface area contributed by atoms with Crippen LogP contribution in [0, 0.1) is 12.7 Å². The van der Waals surface area contributed by atoms with E-state index in [1.807, 2.05) is 0 Å². The fourth-order valence-electron chi connectivity index (χ4n) is 0.936. The van der Waals surface area contributed by atoms with Crippen LogP contribution in [0.1, 0.15) is 5.56 Å². The fraction of sp³-hybridized carbons (Fsp3) is 0.143. The van der Waals surface area contributed by atoms with Crippen LogP contribution in [0.4, 0.5) is 4.39 Å². The van der Waals surface area contributed by atoms with E-state index in [1.54, 1.807) is 0 Å². The molecule has 0 bridgehead atoms. The van der Waals surface area contributed by atoms with Crippen LogP contribution in [0.15, 0.2) is 11.0 Å². The van der Waals surface area contributed by atoms with E-state index < -0.39 is 25.5 Å². The Kier molecular flexibility index (Phi) is 2.94. The van der Waals surface area contributed by atoms with Crippen LogP contribution in [-0.4, -0.2) is 13.5 Å². The molecule has 0 fully saturated rings. The minimum absolute atomic E-state index is 0.182. The molecule has 0 saturated heterocycles. The van der Waals surface area contributed by atoms with Gasteiger partial charge in [0, 0.05) is 10.7 Å². The quantitative estimate of drug-likeness (QED) is 0.788. The Morgan fingerprint density at radius 1 is 1.50 bits per heavy atom. The van der Waals surface area contributed by atoms with Crippen molar-refractivity contribution >= 4 is 31.3 Å². The molecule has 14 heavy (non-hydrogen) atoms. The zero-order chi connectivity index (χ0) is 11.1. The molecule has 0 saturated carbocycles. The summed E-state index contributed by atoms with van der Waals surface area (Å²) >= 11 is 5.56. The molecule has 0 unspecified atom stereocenters. The van der Waals surface area contributed by atoms with Crippen LogP contribution in [0.2, 0.25) is 5.02 Å². The van der Waals surface area contributed by atoms with Crippen LogP contribution >= 0.6 is 22.3 Å². The summed E-state index contributed by atoms with van der Waals surface area (Å²) in [5.41, 5.74) is 0.182. The predicted molar refractivity (Wildman–Crippen MR) is 50.9 cm³/mol. The van der Waals surface area contributed by atoms with Crippen LogP contribution in [0.5, 0.6) is 5.75 Å². The van der Waals surface area contributed by atoms with E-state index in [4.69, 9.17) is 27.4 Å². The minimum atomic E-state index is -4.26. The number of hydrogen-bond donors (Lipinski definition) is 1. The smallest absolute Gasteiger partial charge is 0.266 e. The summed E-state index contributed by atoms with van der Waals surface area (Å²) in [6.45, 7) is 1.40. The van der Waals surface area contributed by atoms with Crippen molar-refractivity contribution in [1.82, 2.24) is 0 Å². The van der Waals surface area contributed by atoms with E-state index in [0.29, 0.717) is 0 Å². The summed E-state index contributed by atoms with van der Waals surface area (Å²) in [5.74, 6) is -2.14. The van der Waals surface area contributed by atoms with E-state index in [2.05, 4.69) is 0 Å². The number of aromatic hydroxyl groups is 1. The topological polar surface area (TPSA) is 54.4 Å². The number of hydrogen-bond acceptors (Lipinski definition) is 3. The van der Waals surface area contributed by atoms with Gasteiger partial charge in [0.25, 0.3) is 9.05 Å². The molecule has 1 rings (SSSR count). The van der Waals surface area contributed by atoms with Gasteiger partial charge in [0.15, 0.2) is 11.6 Å². The largest absolute Gasteiger partial charge is 0.504 e. The Hall–Kier alpha value is -0.520. The Morgan fingerprint density at radius 2 is 2.00 bits per heavy atom. The van der Waals surface area contributed by atoms with E-state index in [0.717, 1.165) is 6.07 Å². The predicted octanol–water partition coefficient (Wildman–Crippen LogP) is 2.42. The number of halogens is 3. The van der Waals surface area contributed by atoms with E-state index in [9.17, 15) is 12.8 Å². The molecular formula is C7H5Cl2FO3S. The maximum absolute atomic E-state index is 12.9. The van der Waals surface area contributed by atoms with Gasteiger partial charge in [-0.05, 0) is 18.6 Å². The average molecular weight is 259 g/mol. The zero-order valence-electron chi connectivity index (χ0n) is 6.88. The first-order valence-corrected chi connectivity index (χ1v) is 6.06. The Bertz CT molecular complexity index is 458. The Labute approximate surface area is 89.5 Å². The third-order valence-electron chi connectivity index (χ3n) is 1.57. The molecule has 0 heterocycles. The van der Waals surface area contributed by atoms with Gasteiger partial charge in [-0.25, -0.2) is 12.8 Å². The van der Waals surface area contributed by atoms with Crippen LogP contribution in [-0.2, 0) is 9.05 Å². The van der Waals surface area contributed by atoms with Crippen LogP contribution < -0.4 is 0 Å². The van der Waals surface area contributed by atoms with Gasteiger partial charge >= 0.3 is 0 Å². The number of phenols is 1. The first-order valence-electron chi connectivity index (χ1n) is 3.37. The number of benzene rings is 1. The lowest BCUT2D eigenvalue weighted by atomic mass is 10.2. The van der Waals surface area contributed by atoms with Crippen molar-refractivity contribution in [2.75, 3.05) is 0 Å². The normalized spacial score (nSPS) is 11.7. The van der Waals surface area contributed by atoms with Gasteiger partial charge in [0.1, 0.15) is 4.90 Å². The molecule has 0 aliphatic rings. The van der Waals surface area contributed by atoms with Crippen molar-refractivity contribution in [2.24, 2.45) is 0 Å². The number of aryl methyl sites for hydroxylation is 1. The molecule has 0 aliphatic carbocycles. The van der Waals surface area contributed by atoms with E-state index in [-0.39, 0.29) is 10.6 Å². The lowest BCUT2D eigenvalue weighted by molar-refractivity contribution is 0.417. The molecule has 7 heteroatoms.